The quantitative estimate of drug-likeness (QED) is 0.889. The smallest absolute Gasteiger partial charge is 0.228 e. The molecule has 5 heteroatoms. The molecule has 3 rings (SSSR count). The summed E-state index contributed by atoms with van der Waals surface area (Å²) in [6, 6.07) is 4.65. The predicted octanol–water partition coefficient (Wildman–Crippen LogP) is 2.74. The van der Waals surface area contributed by atoms with E-state index in [-0.39, 0.29) is 24.0 Å². The summed E-state index contributed by atoms with van der Waals surface area (Å²) in [6.07, 6.45) is 6.28. The van der Waals surface area contributed by atoms with Crippen molar-refractivity contribution in [2.75, 3.05) is 13.1 Å². The minimum Gasteiger partial charge on any atom is -0.391 e. The van der Waals surface area contributed by atoms with Crippen LogP contribution >= 0.6 is 11.3 Å². The van der Waals surface area contributed by atoms with Gasteiger partial charge in [-0.2, -0.15) is 0 Å². The van der Waals surface area contributed by atoms with Crippen LogP contribution in [0.25, 0.3) is 0 Å². The van der Waals surface area contributed by atoms with Crippen LogP contribution < -0.4 is 5.32 Å². The largest absolute Gasteiger partial charge is 0.391 e. The molecule has 0 spiro atoms. The van der Waals surface area contributed by atoms with E-state index in [0.717, 1.165) is 50.1 Å². The Morgan fingerprint density at radius 2 is 2.04 bits per heavy atom. The van der Waals surface area contributed by atoms with E-state index in [4.69, 9.17) is 0 Å². The molecule has 2 aliphatic rings. The fraction of sp³-hybridized carbons (Fsp3) is 0.722. The molecule has 0 radical (unpaired) electrons. The SMILES string of the molecule is CC(C(=O)NC1CCN(C2CCCCC2O)CC1)c1cccs1. The fourth-order valence-electron chi connectivity index (χ4n) is 3.89. The molecule has 128 valence electrons. The van der Waals surface area contributed by atoms with Gasteiger partial charge in [0.1, 0.15) is 0 Å². The number of hydrogen-bond donors (Lipinski definition) is 2. The lowest BCUT2D eigenvalue weighted by Gasteiger charge is -2.41. The molecule has 2 N–H and O–H groups in total. The van der Waals surface area contributed by atoms with Crippen LogP contribution in [0.15, 0.2) is 17.5 Å². The van der Waals surface area contributed by atoms with Gasteiger partial charge >= 0.3 is 0 Å². The number of hydrogen-bond acceptors (Lipinski definition) is 4. The Labute approximate surface area is 142 Å². The van der Waals surface area contributed by atoms with Gasteiger partial charge in [0.15, 0.2) is 0 Å². The van der Waals surface area contributed by atoms with E-state index in [1.807, 2.05) is 24.4 Å². The highest BCUT2D eigenvalue weighted by molar-refractivity contribution is 7.10. The van der Waals surface area contributed by atoms with Crippen LogP contribution in [0.2, 0.25) is 0 Å². The van der Waals surface area contributed by atoms with Crippen molar-refractivity contribution in [2.24, 2.45) is 0 Å². The summed E-state index contributed by atoms with van der Waals surface area (Å²) < 4.78 is 0. The molecule has 2 heterocycles. The van der Waals surface area contributed by atoms with E-state index in [9.17, 15) is 9.90 Å². The zero-order valence-corrected chi connectivity index (χ0v) is 14.7. The van der Waals surface area contributed by atoms with Crippen LogP contribution in [-0.4, -0.2) is 47.2 Å². The highest BCUT2D eigenvalue weighted by Gasteiger charge is 2.32. The Hall–Kier alpha value is -0.910. The van der Waals surface area contributed by atoms with Crippen LogP contribution in [0.3, 0.4) is 0 Å². The number of thiophene rings is 1. The molecule has 1 amide bonds. The molecule has 0 aromatic carbocycles. The normalized spacial score (nSPS) is 28.4. The van der Waals surface area contributed by atoms with Crippen molar-refractivity contribution < 1.29 is 9.90 Å². The molecule has 1 saturated heterocycles. The van der Waals surface area contributed by atoms with Crippen molar-refractivity contribution >= 4 is 17.2 Å². The molecular formula is C18H28N2O2S. The number of nitrogens with one attached hydrogen (secondary N) is 1. The van der Waals surface area contributed by atoms with Crippen LogP contribution in [0.1, 0.15) is 56.2 Å². The van der Waals surface area contributed by atoms with Gasteiger partial charge in [-0.1, -0.05) is 18.9 Å². The molecule has 3 unspecified atom stereocenters. The van der Waals surface area contributed by atoms with Crippen LogP contribution in [0.5, 0.6) is 0 Å². The second-order valence-electron chi connectivity index (χ2n) is 6.98. The standard InChI is InChI=1S/C18H28N2O2S/c1-13(17-7-4-12-23-17)18(22)19-14-8-10-20(11-9-14)15-5-2-3-6-16(15)21/h4,7,12-16,21H,2-3,5-6,8-11H2,1H3,(H,19,22). The molecule has 2 fully saturated rings. The summed E-state index contributed by atoms with van der Waals surface area (Å²) in [5, 5.41) is 15.4. The molecule has 23 heavy (non-hydrogen) atoms. The van der Waals surface area contributed by atoms with E-state index >= 15 is 0 Å². The van der Waals surface area contributed by atoms with Gasteiger partial charge in [-0.25, -0.2) is 0 Å². The van der Waals surface area contributed by atoms with Crippen molar-refractivity contribution in [3.8, 4) is 0 Å². The number of carbonyl (C=O) groups is 1. The Morgan fingerprint density at radius 1 is 1.30 bits per heavy atom. The highest BCUT2D eigenvalue weighted by Crippen LogP contribution is 2.26. The highest BCUT2D eigenvalue weighted by atomic mass is 32.1. The molecule has 1 aromatic rings. The van der Waals surface area contributed by atoms with Crippen molar-refractivity contribution in [2.45, 2.75) is 69.6 Å². The van der Waals surface area contributed by atoms with E-state index in [1.165, 1.54) is 6.42 Å². The Kier molecular flexibility index (Phi) is 5.72. The van der Waals surface area contributed by atoms with Crippen molar-refractivity contribution in [1.29, 1.82) is 0 Å². The number of likely N-dealkylation sites (tertiary alicyclic amines) is 1. The Balaban J connectivity index is 1.46. The van der Waals surface area contributed by atoms with Crippen molar-refractivity contribution in [3.63, 3.8) is 0 Å². The Morgan fingerprint density at radius 3 is 2.70 bits per heavy atom. The first kappa shape index (κ1) is 16.9. The number of piperidine rings is 1. The fourth-order valence-corrected chi connectivity index (χ4v) is 4.67. The zero-order valence-electron chi connectivity index (χ0n) is 13.9. The number of amides is 1. The molecule has 1 aliphatic heterocycles. The summed E-state index contributed by atoms with van der Waals surface area (Å²) in [5.74, 6) is 0.0804. The summed E-state index contributed by atoms with van der Waals surface area (Å²) >= 11 is 1.64. The van der Waals surface area contributed by atoms with E-state index in [1.54, 1.807) is 11.3 Å². The molecule has 0 bridgehead atoms. The molecule has 1 aromatic heterocycles. The third-order valence-corrected chi connectivity index (χ3v) is 6.46. The van der Waals surface area contributed by atoms with Gasteiger partial charge in [-0.15, -0.1) is 11.3 Å². The first-order chi connectivity index (χ1) is 11.1. The van der Waals surface area contributed by atoms with Gasteiger partial charge in [0.2, 0.25) is 5.91 Å². The van der Waals surface area contributed by atoms with E-state index in [0.29, 0.717) is 6.04 Å². The lowest BCUT2D eigenvalue weighted by molar-refractivity contribution is -0.123. The monoisotopic (exact) mass is 336 g/mol. The number of aliphatic hydroxyl groups is 1. The molecule has 3 atom stereocenters. The van der Waals surface area contributed by atoms with Gasteiger partial charge in [0, 0.05) is 30.1 Å². The minimum absolute atomic E-state index is 0.0619. The lowest BCUT2D eigenvalue weighted by Crippen LogP contribution is -2.52. The summed E-state index contributed by atoms with van der Waals surface area (Å²) in [7, 11) is 0. The second kappa shape index (κ2) is 7.77. The van der Waals surface area contributed by atoms with Crippen molar-refractivity contribution in [3.05, 3.63) is 22.4 Å². The molecular weight excluding hydrogens is 308 g/mol. The third-order valence-electron chi connectivity index (χ3n) is 5.40. The summed E-state index contributed by atoms with van der Waals surface area (Å²) in [6.45, 7) is 3.95. The number of aliphatic hydroxyl groups excluding tert-OH is 1. The van der Waals surface area contributed by atoms with Gasteiger partial charge in [0.05, 0.1) is 12.0 Å². The van der Waals surface area contributed by atoms with Gasteiger partial charge in [0.25, 0.3) is 0 Å². The number of carbonyl (C=O) groups excluding carboxylic acids is 1. The van der Waals surface area contributed by atoms with E-state index < -0.39 is 0 Å². The maximum Gasteiger partial charge on any atom is 0.228 e. The first-order valence-corrected chi connectivity index (χ1v) is 9.79. The van der Waals surface area contributed by atoms with Crippen LogP contribution in [-0.2, 0) is 4.79 Å². The topological polar surface area (TPSA) is 52.6 Å². The van der Waals surface area contributed by atoms with E-state index in [2.05, 4.69) is 10.2 Å². The van der Waals surface area contributed by atoms with Gasteiger partial charge in [-0.3, -0.25) is 9.69 Å². The minimum atomic E-state index is -0.159. The maximum atomic E-state index is 12.4. The van der Waals surface area contributed by atoms with Gasteiger partial charge < -0.3 is 10.4 Å². The van der Waals surface area contributed by atoms with Crippen LogP contribution in [0.4, 0.5) is 0 Å². The average molecular weight is 337 g/mol. The maximum absolute atomic E-state index is 12.4. The second-order valence-corrected chi connectivity index (χ2v) is 7.95. The summed E-state index contributed by atoms with van der Waals surface area (Å²) in [4.78, 5) is 16.0. The average Bonchev–Trinajstić information content (AvgIpc) is 3.10. The Bertz CT molecular complexity index is 497. The third kappa shape index (κ3) is 4.14. The van der Waals surface area contributed by atoms with Gasteiger partial charge in [-0.05, 0) is 44.1 Å². The molecule has 4 nitrogen and oxygen atoms in total. The predicted molar refractivity (Wildman–Crippen MR) is 93.7 cm³/mol. The zero-order chi connectivity index (χ0) is 16.2. The first-order valence-electron chi connectivity index (χ1n) is 8.91. The molecule has 1 saturated carbocycles. The molecule has 1 aliphatic carbocycles. The summed E-state index contributed by atoms with van der Waals surface area (Å²) in [5.41, 5.74) is 0. The lowest BCUT2D eigenvalue weighted by atomic mass is 9.89. The number of rotatable bonds is 4. The van der Waals surface area contributed by atoms with Crippen LogP contribution in [0, 0.1) is 0 Å². The number of nitrogens with zero attached hydrogens (tertiary/aromatic N) is 1. The van der Waals surface area contributed by atoms with Crippen molar-refractivity contribution in [1.82, 2.24) is 10.2 Å².